The number of imide groups is 1. The summed E-state index contributed by atoms with van der Waals surface area (Å²) in [7, 11) is 0. The lowest BCUT2D eigenvalue weighted by Crippen LogP contribution is -2.34. The number of halogens is 3. The van der Waals surface area contributed by atoms with Crippen molar-refractivity contribution in [2.45, 2.75) is 38.5 Å². The minimum Gasteiger partial charge on any atom is -0.404 e. The van der Waals surface area contributed by atoms with Gasteiger partial charge in [0.15, 0.2) is 5.75 Å². The maximum Gasteiger partial charge on any atom is 0.573 e. The first-order chi connectivity index (χ1) is 12.8. The third-order valence-corrected chi connectivity index (χ3v) is 4.88. The minimum absolute atomic E-state index is 0.0845. The molecule has 9 heteroatoms. The van der Waals surface area contributed by atoms with E-state index in [1.165, 1.54) is 18.2 Å². The monoisotopic (exact) mass is 384 g/mol. The number of ether oxygens (including phenoxy) is 1. The van der Waals surface area contributed by atoms with Gasteiger partial charge in [-0.25, -0.2) is 0 Å². The van der Waals surface area contributed by atoms with E-state index >= 15 is 0 Å². The summed E-state index contributed by atoms with van der Waals surface area (Å²) in [4.78, 5) is 37.9. The molecule has 1 aromatic rings. The molecule has 3 amide bonds. The summed E-state index contributed by atoms with van der Waals surface area (Å²) in [6.45, 7) is -0.0845. The van der Waals surface area contributed by atoms with Crippen LogP contribution < -0.4 is 10.1 Å². The van der Waals surface area contributed by atoms with Gasteiger partial charge in [-0.05, 0) is 25.0 Å². The fourth-order valence-corrected chi connectivity index (χ4v) is 3.66. The van der Waals surface area contributed by atoms with Gasteiger partial charge in [0.25, 0.3) is 0 Å². The zero-order valence-electron chi connectivity index (χ0n) is 14.4. The van der Waals surface area contributed by atoms with E-state index in [1.807, 2.05) is 0 Å². The fraction of sp³-hybridized carbons (Fsp3) is 0.500. The maximum atomic E-state index is 12.4. The molecule has 2 atom stereocenters. The van der Waals surface area contributed by atoms with Crippen LogP contribution in [-0.2, 0) is 14.4 Å². The van der Waals surface area contributed by atoms with Crippen LogP contribution in [0.2, 0.25) is 0 Å². The van der Waals surface area contributed by atoms with Crippen LogP contribution in [0.5, 0.6) is 5.75 Å². The minimum atomic E-state index is -4.88. The molecule has 0 aromatic heterocycles. The molecule has 1 aromatic carbocycles. The summed E-state index contributed by atoms with van der Waals surface area (Å²) in [6, 6.07) is 5.16. The molecule has 1 aliphatic heterocycles. The van der Waals surface area contributed by atoms with Crippen molar-refractivity contribution >= 4 is 23.4 Å². The van der Waals surface area contributed by atoms with Crippen molar-refractivity contribution < 1.29 is 32.3 Å². The van der Waals surface area contributed by atoms with Crippen molar-refractivity contribution in [3.8, 4) is 5.75 Å². The first-order valence-corrected chi connectivity index (χ1v) is 8.76. The SMILES string of the molecule is O=C(CCN1C(=O)[C@H]2CCCC[C@H]2C1=O)Nc1ccccc1OC(F)(F)F. The molecule has 1 heterocycles. The second-order valence-corrected chi connectivity index (χ2v) is 6.67. The fourth-order valence-electron chi connectivity index (χ4n) is 3.66. The molecular weight excluding hydrogens is 365 g/mol. The van der Waals surface area contributed by atoms with Crippen LogP contribution in [0.15, 0.2) is 24.3 Å². The highest BCUT2D eigenvalue weighted by Gasteiger charge is 2.47. The Hall–Kier alpha value is -2.58. The van der Waals surface area contributed by atoms with Gasteiger partial charge in [0.1, 0.15) is 0 Å². The van der Waals surface area contributed by atoms with E-state index in [1.54, 1.807) is 0 Å². The summed E-state index contributed by atoms with van der Waals surface area (Å²) in [6.07, 6.45) is -1.90. The molecule has 1 aliphatic carbocycles. The summed E-state index contributed by atoms with van der Waals surface area (Å²) in [5.41, 5.74) is -0.132. The normalized spacial score (nSPS) is 22.6. The first kappa shape index (κ1) is 19.2. The molecule has 27 heavy (non-hydrogen) atoms. The van der Waals surface area contributed by atoms with Crippen LogP contribution in [0.25, 0.3) is 0 Å². The largest absolute Gasteiger partial charge is 0.573 e. The number of carbonyl (C=O) groups excluding carboxylic acids is 3. The van der Waals surface area contributed by atoms with Crippen LogP contribution in [-0.4, -0.2) is 35.5 Å². The summed E-state index contributed by atoms with van der Waals surface area (Å²) >= 11 is 0. The van der Waals surface area contributed by atoms with Gasteiger partial charge < -0.3 is 10.1 Å². The number of para-hydroxylation sites is 2. The number of nitrogens with one attached hydrogen (secondary N) is 1. The number of hydrogen-bond acceptors (Lipinski definition) is 4. The number of carbonyl (C=O) groups is 3. The van der Waals surface area contributed by atoms with E-state index in [0.29, 0.717) is 12.8 Å². The maximum absolute atomic E-state index is 12.4. The predicted molar refractivity (Wildman–Crippen MR) is 88.5 cm³/mol. The number of fused-ring (bicyclic) bond motifs is 1. The Labute approximate surface area is 153 Å². The highest BCUT2D eigenvalue weighted by molar-refractivity contribution is 6.05. The standard InChI is InChI=1S/C18H19F3N2O4/c19-18(20,21)27-14-8-4-3-7-13(14)22-15(24)9-10-23-16(25)11-5-1-2-6-12(11)17(23)26/h3-4,7-8,11-12H,1-2,5-6,9-10H2,(H,22,24)/t11-,12+. The van der Waals surface area contributed by atoms with Gasteiger partial charge in [0.2, 0.25) is 17.7 Å². The second-order valence-electron chi connectivity index (χ2n) is 6.67. The number of benzene rings is 1. The highest BCUT2D eigenvalue weighted by Crippen LogP contribution is 2.38. The number of nitrogens with zero attached hydrogens (tertiary/aromatic N) is 1. The molecular formula is C18H19F3N2O4. The number of rotatable bonds is 5. The Kier molecular flexibility index (Phi) is 5.38. The predicted octanol–water partition coefficient (Wildman–Crippen LogP) is 3.09. The Balaban J connectivity index is 1.59. The van der Waals surface area contributed by atoms with Crippen molar-refractivity contribution in [2.24, 2.45) is 11.8 Å². The lowest BCUT2D eigenvalue weighted by Gasteiger charge is -2.19. The van der Waals surface area contributed by atoms with Crippen molar-refractivity contribution in [2.75, 3.05) is 11.9 Å². The number of likely N-dealkylation sites (tertiary alicyclic amines) is 1. The average molecular weight is 384 g/mol. The van der Waals surface area contributed by atoms with Gasteiger partial charge in [-0.1, -0.05) is 25.0 Å². The van der Waals surface area contributed by atoms with Crippen molar-refractivity contribution in [3.63, 3.8) is 0 Å². The van der Waals surface area contributed by atoms with Gasteiger partial charge in [-0.15, -0.1) is 13.2 Å². The summed E-state index contributed by atoms with van der Waals surface area (Å²) in [5.74, 6) is -2.23. The van der Waals surface area contributed by atoms with Crippen LogP contribution in [0.1, 0.15) is 32.1 Å². The molecule has 146 valence electrons. The molecule has 0 unspecified atom stereocenters. The van der Waals surface area contributed by atoms with Crippen LogP contribution in [0.3, 0.4) is 0 Å². The van der Waals surface area contributed by atoms with E-state index in [2.05, 4.69) is 10.1 Å². The van der Waals surface area contributed by atoms with Crippen molar-refractivity contribution in [1.29, 1.82) is 0 Å². The van der Waals surface area contributed by atoms with Crippen LogP contribution in [0, 0.1) is 11.8 Å². The second kappa shape index (κ2) is 7.58. The van der Waals surface area contributed by atoms with E-state index in [9.17, 15) is 27.6 Å². The van der Waals surface area contributed by atoms with Crippen LogP contribution >= 0.6 is 0 Å². The van der Waals surface area contributed by atoms with E-state index < -0.39 is 18.0 Å². The molecule has 1 saturated carbocycles. The van der Waals surface area contributed by atoms with Gasteiger partial charge >= 0.3 is 6.36 Å². The molecule has 2 fully saturated rings. The van der Waals surface area contributed by atoms with E-state index in [4.69, 9.17) is 0 Å². The Bertz CT molecular complexity index is 726. The lowest BCUT2D eigenvalue weighted by molar-refractivity contribution is -0.274. The lowest BCUT2D eigenvalue weighted by atomic mass is 9.81. The summed E-state index contributed by atoms with van der Waals surface area (Å²) < 4.78 is 41.2. The molecule has 2 aliphatic rings. The van der Waals surface area contributed by atoms with E-state index in [-0.39, 0.29) is 42.3 Å². The molecule has 0 radical (unpaired) electrons. The van der Waals surface area contributed by atoms with Gasteiger partial charge in [-0.3, -0.25) is 19.3 Å². The van der Waals surface area contributed by atoms with Gasteiger partial charge in [0, 0.05) is 13.0 Å². The highest BCUT2D eigenvalue weighted by atomic mass is 19.4. The Morgan fingerprint density at radius 3 is 2.30 bits per heavy atom. The number of hydrogen-bond donors (Lipinski definition) is 1. The molecule has 1 saturated heterocycles. The number of amides is 3. The molecule has 1 N–H and O–H groups in total. The topological polar surface area (TPSA) is 75.7 Å². The van der Waals surface area contributed by atoms with Crippen LogP contribution in [0.4, 0.5) is 18.9 Å². The first-order valence-electron chi connectivity index (χ1n) is 8.76. The van der Waals surface area contributed by atoms with Crippen molar-refractivity contribution in [3.05, 3.63) is 24.3 Å². The quantitative estimate of drug-likeness (QED) is 0.792. The molecule has 3 rings (SSSR count). The molecule has 6 nitrogen and oxygen atoms in total. The van der Waals surface area contributed by atoms with Gasteiger partial charge in [0.05, 0.1) is 17.5 Å². The third-order valence-electron chi connectivity index (χ3n) is 4.88. The Morgan fingerprint density at radius 2 is 1.70 bits per heavy atom. The zero-order chi connectivity index (χ0) is 19.6. The Morgan fingerprint density at radius 1 is 1.11 bits per heavy atom. The number of alkyl halides is 3. The number of anilines is 1. The third kappa shape index (κ3) is 4.40. The van der Waals surface area contributed by atoms with Gasteiger partial charge in [-0.2, -0.15) is 0 Å². The molecule has 0 bridgehead atoms. The average Bonchev–Trinajstić information content (AvgIpc) is 2.85. The van der Waals surface area contributed by atoms with Crippen molar-refractivity contribution in [1.82, 2.24) is 4.90 Å². The zero-order valence-corrected chi connectivity index (χ0v) is 14.4. The van der Waals surface area contributed by atoms with E-state index in [0.717, 1.165) is 23.8 Å². The smallest absolute Gasteiger partial charge is 0.404 e. The summed E-state index contributed by atoms with van der Waals surface area (Å²) in [5, 5.41) is 2.34. The molecule has 0 spiro atoms.